The molecular weight excluding hydrogens is 444 g/mol. The number of aromatic nitrogens is 1. The van der Waals surface area contributed by atoms with Gasteiger partial charge >= 0.3 is 6.09 Å². The Morgan fingerprint density at radius 3 is 2.45 bits per heavy atom. The molecule has 0 spiro atoms. The van der Waals surface area contributed by atoms with Crippen molar-refractivity contribution in [2.75, 3.05) is 20.7 Å². The molecule has 9 heteroatoms. The standard InChI is InChI=1S/C24H29ClN4O4/c1-8-32-21-16(14(2)28-23(31)33-24(3,4)5)11-18(25)17(12-26)20(21)15-9-10-19(27-13-15)22(30)29(6)7/h9-11,13-14H,8H2,1-7H3,(H,28,31). The summed E-state index contributed by atoms with van der Waals surface area (Å²) in [5.41, 5.74) is 1.39. The summed E-state index contributed by atoms with van der Waals surface area (Å²) in [6, 6.07) is 6.47. The summed E-state index contributed by atoms with van der Waals surface area (Å²) in [7, 11) is 3.28. The molecule has 8 nitrogen and oxygen atoms in total. The lowest BCUT2D eigenvalue weighted by Crippen LogP contribution is -2.34. The number of carbonyl (C=O) groups excluding carboxylic acids is 2. The van der Waals surface area contributed by atoms with Crippen molar-refractivity contribution in [1.29, 1.82) is 5.26 Å². The van der Waals surface area contributed by atoms with Crippen LogP contribution in [0.2, 0.25) is 5.02 Å². The first kappa shape index (κ1) is 25.9. The smallest absolute Gasteiger partial charge is 0.408 e. The summed E-state index contributed by atoms with van der Waals surface area (Å²) < 4.78 is 11.3. The van der Waals surface area contributed by atoms with Gasteiger partial charge in [-0.3, -0.25) is 9.78 Å². The predicted octanol–water partition coefficient (Wildman–Crippen LogP) is 4.96. The Hall–Kier alpha value is -3.31. The van der Waals surface area contributed by atoms with Crippen LogP contribution >= 0.6 is 11.6 Å². The Morgan fingerprint density at radius 1 is 1.30 bits per heavy atom. The van der Waals surface area contributed by atoms with E-state index < -0.39 is 17.7 Å². The molecule has 1 N–H and O–H groups in total. The van der Waals surface area contributed by atoms with Crippen LogP contribution in [0.4, 0.5) is 4.79 Å². The van der Waals surface area contributed by atoms with Crippen molar-refractivity contribution in [3.8, 4) is 22.9 Å². The maximum absolute atomic E-state index is 12.3. The van der Waals surface area contributed by atoms with E-state index in [1.165, 1.54) is 11.1 Å². The van der Waals surface area contributed by atoms with E-state index in [0.717, 1.165) is 0 Å². The first-order valence-electron chi connectivity index (χ1n) is 10.5. The van der Waals surface area contributed by atoms with Crippen LogP contribution in [-0.2, 0) is 4.74 Å². The molecule has 1 aromatic carbocycles. The van der Waals surface area contributed by atoms with Gasteiger partial charge in [0.25, 0.3) is 5.91 Å². The van der Waals surface area contributed by atoms with Gasteiger partial charge in [0.2, 0.25) is 0 Å². The van der Waals surface area contributed by atoms with E-state index in [0.29, 0.717) is 29.0 Å². The van der Waals surface area contributed by atoms with E-state index in [1.807, 2.05) is 6.92 Å². The maximum Gasteiger partial charge on any atom is 0.408 e. The number of nitrogens with zero attached hydrogens (tertiary/aromatic N) is 3. The zero-order valence-electron chi connectivity index (χ0n) is 19.9. The highest BCUT2D eigenvalue weighted by molar-refractivity contribution is 6.32. The van der Waals surface area contributed by atoms with Crippen molar-refractivity contribution in [2.45, 2.75) is 46.3 Å². The normalized spacial score (nSPS) is 11.8. The van der Waals surface area contributed by atoms with Crippen LogP contribution in [0.3, 0.4) is 0 Å². The van der Waals surface area contributed by atoms with Gasteiger partial charge in [0.05, 0.1) is 23.2 Å². The van der Waals surface area contributed by atoms with Crippen LogP contribution in [0.1, 0.15) is 62.3 Å². The van der Waals surface area contributed by atoms with Crippen molar-refractivity contribution in [3.63, 3.8) is 0 Å². The molecule has 2 aromatic rings. The van der Waals surface area contributed by atoms with Gasteiger partial charge in [-0.2, -0.15) is 5.26 Å². The molecule has 0 radical (unpaired) electrons. The molecule has 176 valence electrons. The minimum Gasteiger partial charge on any atom is -0.493 e. The number of benzene rings is 1. The zero-order valence-corrected chi connectivity index (χ0v) is 20.7. The van der Waals surface area contributed by atoms with Crippen molar-refractivity contribution in [3.05, 3.63) is 46.2 Å². The number of carbonyl (C=O) groups is 2. The SMILES string of the molecule is CCOc1c(C(C)NC(=O)OC(C)(C)C)cc(Cl)c(C#N)c1-c1ccc(C(=O)N(C)C)nc1. The van der Waals surface area contributed by atoms with E-state index in [2.05, 4.69) is 16.4 Å². The summed E-state index contributed by atoms with van der Waals surface area (Å²) in [6.45, 7) is 9.23. The fraction of sp³-hybridized carbons (Fsp3) is 0.417. The van der Waals surface area contributed by atoms with Gasteiger partial charge in [-0.05, 0) is 46.8 Å². The largest absolute Gasteiger partial charge is 0.493 e. The minimum absolute atomic E-state index is 0.206. The second kappa shape index (κ2) is 10.5. The average Bonchev–Trinajstić information content (AvgIpc) is 2.72. The number of hydrogen-bond acceptors (Lipinski definition) is 6. The molecule has 2 amide bonds. The molecule has 0 aliphatic rings. The fourth-order valence-electron chi connectivity index (χ4n) is 3.12. The Labute approximate surface area is 199 Å². The van der Waals surface area contributed by atoms with Crippen LogP contribution < -0.4 is 10.1 Å². The highest BCUT2D eigenvalue weighted by Gasteiger charge is 2.26. The van der Waals surface area contributed by atoms with Crippen molar-refractivity contribution < 1.29 is 19.1 Å². The topological polar surface area (TPSA) is 105 Å². The monoisotopic (exact) mass is 472 g/mol. The lowest BCUT2D eigenvalue weighted by Gasteiger charge is -2.24. The van der Waals surface area contributed by atoms with Crippen LogP contribution in [0.25, 0.3) is 11.1 Å². The number of ether oxygens (including phenoxy) is 2. The first-order valence-corrected chi connectivity index (χ1v) is 10.8. The number of halogens is 1. The van der Waals surface area contributed by atoms with Gasteiger partial charge in [0.15, 0.2) is 0 Å². The van der Waals surface area contributed by atoms with Crippen molar-refractivity contribution in [2.24, 2.45) is 0 Å². The van der Waals surface area contributed by atoms with Gasteiger partial charge in [0.1, 0.15) is 23.1 Å². The minimum atomic E-state index is -0.655. The molecule has 1 unspecified atom stereocenters. The molecule has 0 bridgehead atoms. The molecule has 1 atom stereocenters. The van der Waals surface area contributed by atoms with Crippen LogP contribution in [0.15, 0.2) is 24.4 Å². The summed E-state index contributed by atoms with van der Waals surface area (Å²) in [5, 5.41) is 12.8. The lowest BCUT2D eigenvalue weighted by atomic mass is 9.94. The molecule has 0 aliphatic carbocycles. The molecule has 0 saturated carbocycles. The van der Waals surface area contributed by atoms with E-state index in [1.54, 1.807) is 60.0 Å². The van der Waals surface area contributed by atoms with E-state index in [9.17, 15) is 14.9 Å². The predicted molar refractivity (Wildman–Crippen MR) is 126 cm³/mol. The summed E-state index contributed by atoms with van der Waals surface area (Å²) in [6.07, 6.45) is 0.911. The second-order valence-corrected chi connectivity index (χ2v) is 8.98. The van der Waals surface area contributed by atoms with E-state index in [4.69, 9.17) is 21.1 Å². The van der Waals surface area contributed by atoms with Gasteiger partial charge in [-0.15, -0.1) is 0 Å². The molecule has 0 fully saturated rings. The number of rotatable bonds is 6. The van der Waals surface area contributed by atoms with Gasteiger partial charge < -0.3 is 19.7 Å². The number of alkyl carbamates (subject to hydrolysis) is 1. The second-order valence-electron chi connectivity index (χ2n) is 8.57. The summed E-state index contributed by atoms with van der Waals surface area (Å²) in [4.78, 5) is 30.2. The number of nitriles is 1. The first-order chi connectivity index (χ1) is 15.4. The summed E-state index contributed by atoms with van der Waals surface area (Å²) >= 11 is 6.46. The van der Waals surface area contributed by atoms with Crippen molar-refractivity contribution >= 4 is 23.6 Å². The van der Waals surface area contributed by atoms with Crippen LogP contribution in [-0.4, -0.2) is 48.2 Å². The van der Waals surface area contributed by atoms with Gasteiger partial charge in [-0.1, -0.05) is 17.7 Å². The zero-order chi connectivity index (χ0) is 24.9. The molecule has 0 saturated heterocycles. The number of hydrogen-bond donors (Lipinski definition) is 1. The van der Waals surface area contributed by atoms with E-state index in [-0.39, 0.29) is 22.2 Å². The van der Waals surface area contributed by atoms with Crippen molar-refractivity contribution in [1.82, 2.24) is 15.2 Å². The van der Waals surface area contributed by atoms with Gasteiger partial charge in [0, 0.05) is 37.0 Å². The Bertz CT molecular complexity index is 1070. The highest BCUT2D eigenvalue weighted by Crippen LogP contribution is 2.42. The Balaban J connectivity index is 2.61. The third-order valence-electron chi connectivity index (χ3n) is 4.54. The van der Waals surface area contributed by atoms with Gasteiger partial charge in [-0.25, -0.2) is 4.79 Å². The molecule has 0 aliphatic heterocycles. The van der Waals surface area contributed by atoms with Crippen LogP contribution in [0.5, 0.6) is 5.75 Å². The molecular formula is C24H29ClN4O4. The third kappa shape index (κ3) is 6.36. The Morgan fingerprint density at radius 2 is 1.97 bits per heavy atom. The molecule has 1 heterocycles. The fourth-order valence-corrected chi connectivity index (χ4v) is 3.37. The number of amides is 2. The number of pyridine rings is 1. The average molecular weight is 473 g/mol. The quantitative estimate of drug-likeness (QED) is 0.637. The highest BCUT2D eigenvalue weighted by atomic mass is 35.5. The third-order valence-corrected chi connectivity index (χ3v) is 4.84. The maximum atomic E-state index is 12.3. The van der Waals surface area contributed by atoms with E-state index >= 15 is 0 Å². The molecule has 33 heavy (non-hydrogen) atoms. The lowest BCUT2D eigenvalue weighted by molar-refractivity contribution is 0.0507. The van der Waals surface area contributed by atoms with Crippen LogP contribution in [0, 0.1) is 11.3 Å². The summed E-state index contributed by atoms with van der Waals surface area (Å²) in [5.74, 6) is 0.157. The number of nitrogens with one attached hydrogen (secondary N) is 1. The molecule has 1 aromatic heterocycles. The molecule has 2 rings (SSSR count). The Kier molecular flexibility index (Phi) is 8.29.